The Labute approximate surface area is 120 Å². The highest BCUT2D eigenvalue weighted by Gasteiger charge is 2.32. The predicted octanol–water partition coefficient (Wildman–Crippen LogP) is 3.37. The molecule has 0 heterocycles. The summed E-state index contributed by atoms with van der Waals surface area (Å²) in [6.45, 7) is 0. The summed E-state index contributed by atoms with van der Waals surface area (Å²) in [4.78, 5) is 0. The van der Waals surface area contributed by atoms with Gasteiger partial charge in [-0.2, -0.15) is 0 Å². The Hall–Kier alpha value is -1.51. The molecule has 0 saturated carbocycles. The van der Waals surface area contributed by atoms with Crippen molar-refractivity contribution in [2.75, 3.05) is 7.05 Å². The monoisotopic (exact) mass is 275 g/mol. The zero-order valence-electron chi connectivity index (χ0n) is 10.9. The molecule has 1 N–H and O–H groups in total. The summed E-state index contributed by atoms with van der Waals surface area (Å²) in [6.07, 6.45) is 1.14. The average Bonchev–Trinajstić information content (AvgIpc) is 2.78. The molecule has 0 aromatic heterocycles. The second kappa shape index (κ2) is 6.09. The number of halogens is 1. The van der Waals surface area contributed by atoms with Gasteiger partial charge in [-0.25, -0.2) is 0 Å². The minimum atomic E-state index is 0. The number of fused-ring (bicyclic) bond motifs is 1. The molecule has 0 bridgehead atoms. The molecule has 0 amide bonds. The molecule has 0 spiro atoms. The molecule has 0 saturated heterocycles. The molecule has 19 heavy (non-hydrogen) atoms. The van der Waals surface area contributed by atoms with Crippen molar-refractivity contribution in [3.63, 3.8) is 0 Å². The van der Waals surface area contributed by atoms with Crippen LogP contribution in [0, 0.1) is 0 Å². The minimum absolute atomic E-state index is 0. The molecular weight excluding hydrogens is 258 g/mol. The Bertz CT molecular complexity index is 529. The Morgan fingerprint density at radius 3 is 2.42 bits per heavy atom. The van der Waals surface area contributed by atoms with Crippen molar-refractivity contribution in [1.29, 1.82) is 0 Å². The van der Waals surface area contributed by atoms with E-state index in [0.717, 1.165) is 12.2 Å². The molecule has 0 aliphatic heterocycles. The molecular formula is C16H18ClNO. The zero-order chi connectivity index (χ0) is 12.4. The van der Waals surface area contributed by atoms with Crippen LogP contribution >= 0.6 is 12.4 Å². The van der Waals surface area contributed by atoms with Gasteiger partial charge in [0.2, 0.25) is 0 Å². The molecule has 0 unspecified atom stereocenters. The minimum Gasteiger partial charge on any atom is -0.484 e. The summed E-state index contributed by atoms with van der Waals surface area (Å²) >= 11 is 0. The van der Waals surface area contributed by atoms with Crippen molar-refractivity contribution in [1.82, 2.24) is 5.32 Å². The lowest BCUT2D eigenvalue weighted by Crippen LogP contribution is -2.32. The van der Waals surface area contributed by atoms with Crippen molar-refractivity contribution < 1.29 is 4.74 Å². The van der Waals surface area contributed by atoms with Gasteiger partial charge in [-0.3, -0.25) is 0 Å². The third kappa shape index (κ3) is 2.75. The Morgan fingerprint density at radius 2 is 1.68 bits per heavy atom. The number of likely N-dealkylation sites (N-methyl/N-ethyl adjacent to an activating group) is 1. The fourth-order valence-corrected chi connectivity index (χ4v) is 2.60. The van der Waals surface area contributed by atoms with Gasteiger partial charge in [0.15, 0.2) is 0 Å². The summed E-state index contributed by atoms with van der Waals surface area (Å²) in [7, 11) is 2.00. The Morgan fingerprint density at radius 1 is 1.00 bits per heavy atom. The Balaban J connectivity index is 0.00000133. The summed E-state index contributed by atoms with van der Waals surface area (Å²) in [5, 5.41) is 3.36. The largest absolute Gasteiger partial charge is 0.484 e. The topological polar surface area (TPSA) is 21.3 Å². The van der Waals surface area contributed by atoms with Crippen LogP contribution in [0.15, 0.2) is 54.6 Å². The zero-order valence-corrected chi connectivity index (χ0v) is 11.7. The summed E-state index contributed by atoms with van der Waals surface area (Å²) in [6, 6.07) is 18.9. The summed E-state index contributed by atoms with van der Waals surface area (Å²) < 4.78 is 6.14. The third-order valence-electron chi connectivity index (χ3n) is 3.54. The molecule has 100 valence electrons. The van der Waals surface area contributed by atoms with E-state index in [0.29, 0.717) is 6.04 Å². The maximum atomic E-state index is 6.14. The van der Waals surface area contributed by atoms with E-state index in [1.807, 2.05) is 37.4 Å². The maximum absolute atomic E-state index is 6.14. The van der Waals surface area contributed by atoms with E-state index in [-0.39, 0.29) is 18.5 Å². The first-order valence-corrected chi connectivity index (χ1v) is 6.35. The fraction of sp³-hybridized carbons (Fsp3) is 0.250. The molecule has 1 aliphatic rings. The van der Waals surface area contributed by atoms with E-state index in [1.54, 1.807) is 0 Å². The van der Waals surface area contributed by atoms with Crippen LogP contribution in [0.3, 0.4) is 0 Å². The molecule has 2 nitrogen and oxygen atoms in total. The molecule has 2 atom stereocenters. The van der Waals surface area contributed by atoms with Crippen molar-refractivity contribution >= 4 is 12.4 Å². The second-order valence-electron chi connectivity index (χ2n) is 4.65. The maximum Gasteiger partial charge on any atom is 0.140 e. The van der Waals surface area contributed by atoms with Crippen LogP contribution in [0.2, 0.25) is 0 Å². The van der Waals surface area contributed by atoms with E-state index in [2.05, 4.69) is 29.6 Å². The lowest BCUT2D eigenvalue weighted by Gasteiger charge is -2.21. The van der Waals surface area contributed by atoms with Gasteiger partial charge >= 0.3 is 0 Å². The molecule has 0 fully saturated rings. The van der Waals surface area contributed by atoms with Crippen molar-refractivity contribution in [3.8, 4) is 5.75 Å². The summed E-state index contributed by atoms with van der Waals surface area (Å²) in [5.41, 5.74) is 2.69. The van der Waals surface area contributed by atoms with Crippen LogP contribution < -0.4 is 10.1 Å². The normalized spacial score (nSPS) is 20.5. The van der Waals surface area contributed by atoms with E-state index in [9.17, 15) is 0 Å². The highest BCUT2D eigenvalue weighted by Crippen LogP contribution is 2.34. The first kappa shape index (κ1) is 13.9. The van der Waals surface area contributed by atoms with Crippen molar-refractivity contribution in [2.45, 2.75) is 18.6 Å². The van der Waals surface area contributed by atoms with E-state index >= 15 is 0 Å². The SMILES string of the molecule is CN[C@H]1Cc2ccccc2[C@H]1Oc1ccccc1.Cl. The number of para-hydroxylation sites is 1. The number of hydrogen-bond donors (Lipinski definition) is 1. The van der Waals surface area contributed by atoms with Crippen molar-refractivity contribution in [3.05, 3.63) is 65.7 Å². The number of benzene rings is 2. The standard InChI is InChI=1S/C16H17NO.ClH/c1-17-15-11-12-7-5-6-10-14(12)16(15)18-13-8-3-2-4-9-13;/h2-10,15-17H,11H2,1H3;1H/t15-,16+;/m0./s1. The lowest BCUT2D eigenvalue weighted by atomic mass is 10.1. The van der Waals surface area contributed by atoms with Crippen LogP contribution in [0.25, 0.3) is 0 Å². The Kier molecular flexibility index (Phi) is 4.46. The van der Waals surface area contributed by atoms with E-state index < -0.39 is 0 Å². The van der Waals surface area contributed by atoms with Gasteiger partial charge in [0, 0.05) is 0 Å². The first-order valence-electron chi connectivity index (χ1n) is 6.35. The van der Waals surface area contributed by atoms with Crippen LogP contribution in [-0.2, 0) is 6.42 Å². The average molecular weight is 276 g/mol. The first-order chi connectivity index (χ1) is 8.88. The number of rotatable bonds is 3. The molecule has 0 radical (unpaired) electrons. The smallest absolute Gasteiger partial charge is 0.140 e. The van der Waals surface area contributed by atoms with Gasteiger partial charge < -0.3 is 10.1 Å². The number of ether oxygens (including phenoxy) is 1. The third-order valence-corrected chi connectivity index (χ3v) is 3.54. The van der Waals surface area contributed by atoms with Gasteiger partial charge in [-0.05, 0) is 36.7 Å². The number of nitrogens with one attached hydrogen (secondary N) is 1. The molecule has 1 aliphatic carbocycles. The van der Waals surface area contributed by atoms with Crippen molar-refractivity contribution in [2.24, 2.45) is 0 Å². The van der Waals surface area contributed by atoms with Crippen LogP contribution in [0.5, 0.6) is 5.75 Å². The predicted molar refractivity (Wildman–Crippen MR) is 80.1 cm³/mol. The van der Waals surface area contributed by atoms with Gasteiger partial charge in [-0.1, -0.05) is 42.5 Å². The van der Waals surface area contributed by atoms with Crippen LogP contribution in [0.1, 0.15) is 17.2 Å². The second-order valence-corrected chi connectivity index (χ2v) is 4.65. The molecule has 2 aromatic rings. The molecule has 3 rings (SSSR count). The molecule has 2 aromatic carbocycles. The van der Waals surface area contributed by atoms with Gasteiger partial charge in [-0.15, -0.1) is 12.4 Å². The van der Waals surface area contributed by atoms with Gasteiger partial charge in [0.05, 0.1) is 6.04 Å². The summed E-state index contributed by atoms with van der Waals surface area (Å²) in [5.74, 6) is 0.930. The van der Waals surface area contributed by atoms with Gasteiger partial charge in [0.1, 0.15) is 11.9 Å². The van der Waals surface area contributed by atoms with Crippen LogP contribution in [0.4, 0.5) is 0 Å². The fourth-order valence-electron chi connectivity index (χ4n) is 2.60. The lowest BCUT2D eigenvalue weighted by molar-refractivity contribution is 0.172. The molecule has 3 heteroatoms. The number of hydrogen-bond acceptors (Lipinski definition) is 2. The quantitative estimate of drug-likeness (QED) is 0.927. The highest BCUT2D eigenvalue weighted by atomic mass is 35.5. The van der Waals surface area contributed by atoms with E-state index in [1.165, 1.54) is 11.1 Å². The van der Waals surface area contributed by atoms with Crippen LogP contribution in [-0.4, -0.2) is 13.1 Å². The van der Waals surface area contributed by atoms with Gasteiger partial charge in [0.25, 0.3) is 0 Å². The highest BCUT2D eigenvalue weighted by molar-refractivity contribution is 5.85. The van der Waals surface area contributed by atoms with E-state index in [4.69, 9.17) is 4.74 Å².